The number of anilines is 1. The number of amides is 1. The predicted octanol–water partition coefficient (Wildman–Crippen LogP) is 4.63. The van der Waals surface area contributed by atoms with Crippen LogP contribution in [0.2, 0.25) is 5.02 Å². The number of benzene rings is 2. The normalized spacial score (nSPS) is 15.6. The Morgan fingerprint density at radius 1 is 1.29 bits per heavy atom. The standard InChI is InChI=1S/C21H20ClFN2O3/c1-21(2)13-25(20(21)27)15-8-6-14(7-9-15)19(26)10-11-24-28-12-16-17(22)4-3-5-18(16)23/h3-9,11H,10,12-13H2,1-2H3. The smallest absolute Gasteiger partial charge is 0.234 e. The summed E-state index contributed by atoms with van der Waals surface area (Å²) < 4.78 is 13.6. The summed E-state index contributed by atoms with van der Waals surface area (Å²) in [6, 6.07) is 11.2. The van der Waals surface area contributed by atoms with Gasteiger partial charge in [0.05, 0.1) is 16.7 Å². The molecule has 0 aliphatic carbocycles. The maximum absolute atomic E-state index is 13.6. The van der Waals surface area contributed by atoms with Crippen molar-refractivity contribution >= 4 is 35.2 Å². The second-order valence-electron chi connectivity index (χ2n) is 7.21. The fourth-order valence-corrected chi connectivity index (χ4v) is 3.12. The predicted molar refractivity (Wildman–Crippen MR) is 106 cm³/mol. The van der Waals surface area contributed by atoms with Crippen LogP contribution in [0, 0.1) is 11.2 Å². The van der Waals surface area contributed by atoms with E-state index in [9.17, 15) is 14.0 Å². The molecule has 3 rings (SSSR count). The lowest BCUT2D eigenvalue weighted by Gasteiger charge is -2.44. The first-order valence-electron chi connectivity index (χ1n) is 8.81. The number of nitrogens with zero attached hydrogens (tertiary/aromatic N) is 2. The van der Waals surface area contributed by atoms with Crippen molar-refractivity contribution in [2.45, 2.75) is 26.9 Å². The quantitative estimate of drug-likeness (QED) is 0.293. The number of halogens is 2. The Morgan fingerprint density at radius 2 is 2.00 bits per heavy atom. The van der Waals surface area contributed by atoms with E-state index in [-0.39, 0.29) is 40.7 Å². The number of β-lactam (4-membered cyclic amide) rings is 1. The van der Waals surface area contributed by atoms with E-state index in [0.29, 0.717) is 12.1 Å². The van der Waals surface area contributed by atoms with E-state index in [4.69, 9.17) is 16.4 Å². The maximum atomic E-state index is 13.6. The van der Waals surface area contributed by atoms with E-state index < -0.39 is 5.82 Å². The largest absolute Gasteiger partial charge is 0.391 e. The molecule has 0 unspecified atom stereocenters. The molecule has 0 atom stereocenters. The summed E-state index contributed by atoms with van der Waals surface area (Å²) in [5.41, 5.74) is 1.18. The van der Waals surface area contributed by atoms with Gasteiger partial charge in [0.1, 0.15) is 12.4 Å². The first-order chi connectivity index (χ1) is 13.3. The zero-order valence-corrected chi connectivity index (χ0v) is 16.4. The molecule has 1 fully saturated rings. The zero-order valence-electron chi connectivity index (χ0n) is 15.6. The number of hydrogen-bond acceptors (Lipinski definition) is 4. The average molecular weight is 403 g/mol. The van der Waals surface area contributed by atoms with Gasteiger partial charge < -0.3 is 9.74 Å². The third kappa shape index (κ3) is 4.22. The van der Waals surface area contributed by atoms with Gasteiger partial charge in [0, 0.05) is 29.8 Å². The Labute approximate surface area is 167 Å². The second-order valence-corrected chi connectivity index (χ2v) is 7.62. The van der Waals surface area contributed by atoms with Crippen molar-refractivity contribution in [3.8, 4) is 0 Å². The van der Waals surface area contributed by atoms with Crippen LogP contribution in [-0.2, 0) is 16.2 Å². The Morgan fingerprint density at radius 3 is 2.61 bits per heavy atom. The molecule has 2 aromatic carbocycles. The number of rotatable bonds is 7. The van der Waals surface area contributed by atoms with Gasteiger partial charge in [0.25, 0.3) is 0 Å². The van der Waals surface area contributed by atoms with E-state index in [1.165, 1.54) is 18.3 Å². The third-order valence-corrected chi connectivity index (χ3v) is 4.93. The van der Waals surface area contributed by atoms with Crippen molar-refractivity contribution in [2.75, 3.05) is 11.4 Å². The highest BCUT2D eigenvalue weighted by atomic mass is 35.5. The van der Waals surface area contributed by atoms with E-state index >= 15 is 0 Å². The monoisotopic (exact) mass is 402 g/mol. The van der Waals surface area contributed by atoms with Crippen molar-refractivity contribution in [2.24, 2.45) is 10.6 Å². The molecular weight excluding hydrogens is 383 g/mol. The van der Waals surface area contributed by atoms with E-state index in [1.807, 2.05) is 13.8 Å². The van der Waals surface area contributed by atoms with E-state index in [0.717, 1.165) is 5.69 Å². The van der Waals surface area contributed by atoms with Crippen LogP contribution in [0.25, 0.3) is 0 Å². The number of hydrogen-bond donors (Lipinski definition) is 0. The van der Waals surface area contributed by atoms with Crippen LogP contribution in [0.15, 0.2) is 47.6 Å². The van der Waals surface area contributed by atoms with Gasteiger partial charge in [0.15, 0.2) is 5.78 Å². The van der Waals surface area contributed by atoms with Crippen LogP contribution < -0.4 is 4.90 Å². The summed E-state index contributed by atoms with van der Waals surface area (Å²) in [6.07, 6.45) is 1.37. The number of carbonyl (C=O) groups is 2. The van der Waals surface area contributed by atoms with E-state index in [2.05, 4.69) is 5.16 Å². The molecule has 1 saturated heterocycles. The number of Topliss-reactive ketones (excluding diaryl/α,β-unsaturated/α-hetero) is 1. The minimum atomic E-state index is -0.470. The molecule has 0 spiro atoms. The molecule has 0 radical (unpaired) electrons. The second kappa shape index (κ2) is 8.10. The third-order valence-electron chi connectivity index (χ3n) is 4.57. The maximum Gasteiger partial charge on any atom is 0.234 e. The fraction of sp³-hybridized carbons (Fsp3) is 0.286. The molecule has 146 valence electrons. The van der Waals surface area contributed by atoms with Crippen molar-refractivity contribution < 1.29 is 18.8 Å². The summed E-state index contributed by atoms with van der Waals surface area (Å²) in [5, 5.41) is 3.94. The fourth-order valence-electron chi connectivity index (χ4n) is 2.91. The van der Waals surface area contributed by atoms with Gasteiger partial charge in [-0.05, 0) is 50.2 Å². The Kier molecular flexibility index (Phi) is 5.79. The Hall–Kier alpha value is -2.73. The lowest BCUT2D eigenvalue weighted by atomic mass is 9.82. The molecule has 28 heavy (non-hydrogen) atoms. The molecule has 1 heterocycles. The highest BCUT2D eigenvalue weighted by molar-refractivity contribution is 6.31. The molecule has 1 aliphatic rings. The Balaban J connectivity index is 1.50. The molecule has 7 heteroatoms. The van der Waals surface area contributed by atoms with Crippen LogP contribution in [0.4, 0.5) is 10.1 Å². The topological polar surface area (TPSA) is 59.0 Å². The summed E-state index contributed by atoms with van der Waals surface area (Å²) in [5.74, 6) is -0.535. The molecule has 0 bridgehead atoms. The number of carbonyl (C=O) groups excluding carboxylic acids is 2. The average Bonchev–Trinajstić information content (AvgIpc) is 2.67. The van der Waals surface area contributed by atoms with Gasteiger partial charge in [-0.3, -0.25) is 9.59 Å². The molecule has 0 saturated carbocycles. The highest BCUT2D eigenvalue weighted by Gasteiger charge is 2.44. The molecular formula is C21H20ClFN2O3. The SMILES string of the molecule is CC1(C)CN(c2ccc(C(=O)CC=NOCc3c(F)cccc3Cl)cc2)C1=O. The first-order valence-corrected chi connectivity index (χ1v) is 9.19. The van der Waals surface area contributed by atoms with Crippen LogP contribution in [0.1, 0.15) is 36.2 Å². The summed E-state index contributed by atoms with van der Waals surface area (Å²) in [6.45, 7) is 4.36. The molecule has 2 aromatic rings. The van der Waals surface area contributed by atoms with Gasteiger partial charge in [-0.1, -0.05) is 22.8 Å². The van der Waals surface area contributed by atoms with Gasteiger partial charge in [-0.25, -0.2) is 4.39 Å². The van der Waals surface area contributed by atoms with Gasteiger partial charge in [-0.2, -0.15) is 0 Å². The summed E-state index contributed by atoms with van der Waals surface area (Å²) in [4.78, 5) is 31.0. The summed E-state index contributed by atoms with van der Waals surface area (Å²) >= 11 is 5.90. The minimum absolute atomic E-state index is 0.0417. The lowest BCUT2D eigenvalue weighted by Crippen LogP contribution is -2.58. The molecule has 0 N–H and O–H groups in total. The van der Waals surface area contributed by atoms with Crippen molar-refractivity contribution in [3.63, 3.8) is 0 Å². The van der Waals surface area contributed by atoms with Crippen LogP contribution in [0.3, 0.4) is 0 Å². The molecule has 0 aromatic heterocycles. The molecule has 1 aliphatic heterocycles. The number of ketones is 1. The number of oxime groups is 1. The molecule has 1 amide bonds. The van der Waals surface area contributed by atoms with Crippen molar-refractivity contribution in [1.29, 1.82) is 0 Å². The summed E-state index contributed by atoms with van der Waals surface area (Å²) in [7, 11) is 0. The van der Waals surface area contributed by atoms with Gasteiger partial charge >= 0.3 is 0 Å². The van der Waals surface area contributed by atoms with Gasteiger partial charge in [-0.15, -0.1) is 0 Å². The zero-order chi connectivity index (χ0) is 20.3. The van der Waals surface area contributed by atoms with Crippen molar-refractivity contribution in [3.05, 3.63) is 64.4 Å². The Bertz CT molecular complexity index is 905. The highest BCUT2D eigenvalue weighted by Crippen LogP contribution is 2.35. The van der Waals surface area contributed by atoms with Crippen molar-refractivity contribution in [1.82, 2.24) is 0 Å². The first kappa shape index (κ1) is 20.0. The van der Waals surface area contributed by atoms with E-state index in [1.54, 1.807) is 35.2 Å². The lowest BCUT2D eigenvalue weighted by molar-refractivity contribution is -0.132. The van der Waals surface area contributed by atoms with Crippen LogP contribution in [-0.4, -0.2) is 24.4 Å². The van der Waals surface area contributed by atoms with Gasteiger partial charge in [0.2, 0.25) is 5.91 Å². The molecule has 5 nitrogen and oxygen atoms in total. The van der Waals surface area contributed by atoms with Crippen LogP contribution >= 0.6 is 11.6 Å². The van der Waals surface area contributed by atoms with Crippen LogP contribution in [0.5, 0.6) is 0 Å². The minimum Gasteiger partial charge on any atom is -0.391 e.